The summed E-state index contributed by atoms with van der Waals surface area (Å²) in [6.45, 7) is 0. The SMILES string of the molecule is Cn1nccc1-c1ccc(-c2nc(Nc3ccc4[nH]ncc4c3C3CC3)n(C)n2)cc1. The van der Waals surface area contributed by atoms with Gasteiger partial charge in [0.05, 0.1) is 17.4 Å². The maximum atomic E-state index is 4.77. The van der Waals surface area contributed by atoms with Gasteiger partial charge in [0.25, 0.3) is 0 Å². The predicted molar refractivity (Wildman–Crippen MR) is 120 cm³/mol. The summed E-state index contributed by atoms with van der Waals surface area (Å²) in [5.74, 6) is 1.99. The number of fused-ring (bicyclic) bond motifs is 1. The van der Waals surface area contributed by atoms with E-state index in [9.17, 15) is 0 Å². The number of nitrogens with one attached hydrogen (secondary N) is 2. The van der Waals surface area contributed by atoms with Gasteiger partial charge in [0, 0.05) is 36.9 Å². The minimum absolute atomic E-state index is 0.580. The van der Waals surface area contributed by atoms with Crippen molar-refractivity contribution < 1.29 is 0 Å². The Morgan fingerprint density at radius 3 is 2.52 bits per heavy atom. The van der Waals surface area contributed by atoms with Gasteiger partial charge in [-0.2, -0.15) is 15.2 Å². The minimum Gasteiger partial charge on any atom is -0.324 e. The van der Waals surface area contributed by atoms with Crippen LogP contribution in [0.25, 0.3) is 33.5 Å². The van der Waals surface area contributed by atoms with E-state index < -0.39 is 0 Å². The van der Waals surface area contributed by atoms with Crippen LogP contribution < -0.4 is 5.32 Å². The first-order valence-corrected chi connectivity index (χ1v) is 10.4. The Morgan fingerprint density at radius 2 is 1.77 bits per heavy atom. The first-order chi connectivity index (χ1) is 15.2. The van der Waals surface area contributed by atoms with Crippen molar-refractivity contribution in [3.8, 4) is 22.6 Å². The summed E-state index contributed by atoms with van der Waals surface area (Å²) in [6.07, 6.45) is 6.15. The van der Waals surface area contributed by atoms with E-state index in [1.807, 2.05) is 31.0 Å². The summed E-state index contributed by atoms with van der Waals surface area (Å²) in [7, 11) is 3.86. The lowest BCUT2D eigenvalue weighted by Crippen LogP contribution is -2.02. The number of hydrogen-bond acceptors (Lipinski definition) is 5. The fourth-order valence-corrected chi connectivity index (χ4v) is 4.14. The summed E-state index contributed by atoms with van der Waals surface area (Å²) in [4.78, 5) is 4.77. The van der Waals surface area contributed by atoms with Crippen LogP contribution in [0.3, 0.4) is 0 Å². The van der Waals surface area contributed by atoms with E-state index in [0.29, 0.717) is 11.7 Å². The summed E-state index contributed by atoms with van der Waals surface area (Å²) in [5, 5.41) is 20.9. The second kappa shape index (κ2) is 6.80. The molecule has 31 heavy (non-hydrogen) atoms. The average Bonchev–Trinajstić information content (AvgIpc) is 3.15. The second-order valence-electron chi connectivity index (χ2n) is 8.06. The summed E-state index contributed by atoms with van der Waals surface area (Å²) >= 11 is 0. The highest BCUT2D eigenvalue weighted by Crippen LogP contribution is 2.47. The van der Waals surface area contributed by atoms with Gasteiger partial charge in [0.15, 0.2) is 5.82 Å². The van der Waals surface area contributed by atoms with Gasteiger partial charge in [-0.1, -0.05) is 24.3 Å². The largest absolute Gasteiger partial charge is 0.324 e. The van der Waals surface area contributed by atoms with Gasteiger partial charge < -0.3 is 5.32 Å². The Morgan fingerprint density at radius 1 is 0.968 bits per heavy atom. The topological polar surface area (TPSA) is 89.2 Å². The summed E-state index contributed by atoms with van der Waals surface area (Å²) in [5.41, 5.74) is 6.62. The van der Waals surface area contributed by atoms with E-state index in [4.69, 9.17) is 4.98 Å². The van der Waals surface area contributed by atoms with Crippen LogP contribution >= 0.6 is 0 Å². The highest BCUT2D eigenvalue weighted by molar-refractivity contribution is 5.89. The van der Waals surface area contributed by atoms with Gasteiger partial charge in [-0.3, -0.25) is 9.78 Å². The van der Waals surface area contributed by atoms with Crippen LogP contribution in [0.4, 0.5) is 11.6 Å². The molecule has 1 aliphatic carbocycles. The van der Waals surface area contributed by atoms with Gasteiger partial charge in [0.2, 0.25) is 5.95 Å². The maximum absolute atomic E-state index is 4.77. The Bertz CT molecular complexity index is 1390. The lowest BCUT2D eigenvalue weighted by Gasteiger charge is -2.11. The molecule has 6 rings (SSSR count). The molecule has 3 aromatic heterocycles. The van der Waals surface area contributed by atoms with E-state index in [2.05, 4.69) is 62.1 Å². The monoisotopic (exact) mass is 410 g/mol. The number of aromatic nitrogens is 7. The molecule has 5 aromatic rings. The molecule has 8 heteroatoms. The molecule has 2 aromatic carbocycles. The van der Waals surface area contributed by atoms with Gasteiger partial charge in [0.1, 0.15) is 0 Å². The normalized spacial score (nSPS) is 13.7. The Balaban J connectivity index is 1.32. The predicted octanol–water partition coefficient (Wildman–Crippen LogP) is 4.38. The van der Waals surface area contributed by atoms with Crippen molar-refractivity contribution in [2.75, 3.05) is 5.32 Å². The fraction of sp³-hybridized carbons (Fsp3) is 0.217. The molecule has 1 saturated carbocycles. The molecular weight excluding hydrogens is 388 g/mol. The average molecular weight is 410 g/mol. The van der Waals surface area contributed by atoms with Gasteiger partial charge in [-0.25, -0.2) is 4.68 Å². The van der Waals surface area contributed by atoms with Gasteiger partial charge >= 0.3 is 0 Å². The van der Waals surface area contributed by atoms with Crippen LogP contribution in [0.15, 0.2) is 54.9 Å². The van der Waals surface area contributed by atoms with Crippen molar-refractivity contribution in [2.45, 2.75) is 18.8 Å². The number of rotatable bonds is 5. The molecule has 0 radical (unpaired) electrons. The standard InChI is InChI=1S/C23H22N8/c1-30-20(11-12-25-30)14-3-7-16(8-4-14)22-27-23(31(2)29-22)26-19-10-9-18-17(13-24-28-18)21(19)15-5-6-15/h3-4,7-13,15H,5-6H2,1-2H3,(H,24,28)(H,26,27,29). The molecule has 0 saturated heterocycles. The number of nitrogens with zero attached hydrogens (tertiary/aromatic N) is 6. The number of aryl methyl sites for hydroxylation is 2. The molecule has 154 valence electrons. The Hall–Kier alpha value is -3.94. The molecule has 1 fully saturated rings. The van der Waals surface area contributed by atoms with E-state index >= 15 is 0 Å². The lowest BCUT2D eigenvalue weighted by atomic mass is 10.0. The molecule has 0 aliphatic heterocycles. The third kappa shape index (κ3) is 3.07. The summed E-state index contributed by atoms with van der Waals surface area (Å²) in [6, 6.07) is 14.4. The first-order valence-electron chi connectivity index (χ1n) is 10.4. The molecule has 0 bridgehead atoms. The zero-order valence-corrected chi connectivity index (χ0v) is 17.4. The molecule has 1 aliphatic rings. The van der Waals surface area contributed by atoms with E-state index in [-0.39, 0.29) is 0 Å². The molecule has 0 atom stereocenters. The van der Waals surface area contributed by atoms with Crippen LogP contribution in [0, 0.1) is 0 Å². The number of H-pyrrole nitrogens is 1. The molecule has 8 nitrogen and oxygen atoms in total. The summed E-state index contributed by atoms with van der Waals surface area (Å²) < 4.78 is 3.66. The fourth-order valence-electron chi connectivity index (χ4n) is 4.14. The number of aromatic amines is 1. The van der Waals surface area contributed by atoms with Crippen molar-refractivity contribution in [3.63, 3.8) is 0 Å². The molecule has 0 amide bonds. The molecule has 0 unspecified atom stereocenters. The van der Waals surface area contributed by atoms with Crippen LogP contribution in [-0.4, -0.2) is 34.7 Å². The van der Waals surface area contributed by atoms with Crippen molar-refractivity contribution in [2.24, 2.45) is 14.1 Å². The van der Waals surface area contributed by atoms with Crippen LogP contribution in [0.1, 0.15) is 24.3 Å². The van der Waals surface area contributed by atoms with Crippen molar-refractivity contribution in [1.29, 1.82) is 0 Å². The third-order valence-electron chi connectivity index (χ3n) is 5.92. The quantitative estimate of drug-likeness (QED) is 0.449. The zero-order valence-electron chi connectivity index (χ0n) is 17.4. The smallest absolute Gasteiger partial charge is 0.225 e. The number of benzene rings is 2. The Labute approximate surface area is 178 Å². The Kier molecular flexibility index (Phi) is 3.92. The third-order valence-corrected chi connectivity index (χ3v) is 5.92. The number of hydrogen-bond donors (Lipinski definition) is 2. The highest BCUT2D eigenvalue weighted by atomic mass is 15.4. The van der Waals surface area contributed by atoms with Gasteiger partial charge in [-0.05, 0) is 48.1 Å². The van der Waals surface area contributed by atoms with Crippen LogP contribution in [-0.2, 0) is 14.1 Å². The van der Waals surface area contributed by atoms with Crippen molar-refractivity contribution in [1.82, 2.24) is 34.7 Å². The molecule has 3 heterocycles. The zero-order chi connectivity index (χ0) is 20.9. The molecular formula is C23H22N8. The number of anilines is 2. The first kappa shape index (κ1) is 17.9. The lowest BCUT2D eigenvalue weighted by molar-refractivity contribution is 0.775. The highest BCUT2D eigenvalue weighted by Gasteiger charge is 2.29. The van der Waals surface area contributed by atoms with Crippen molar-refractivity contribution >= 4 is 22.5 Å². The molecule has 2 N–H and O–H groups in total. The second-order valence-corrected chi connectivity index (χ2v) is 8.06. The van der Waals surface area contributed by atoms with Gasteiger partial charge in [-0.15, -0.1) is 5.10 Å². The van der Waals surface area contributed by atoms with Crippen LogP contribution in [0.5, 0.6) is 0 Å². The molecule has 0 spiro atoms. The maximum Gasteiger partial charge on any atom is 0.225 e. The van der Waals surface area contributed by atoms with E-state index in [1.165, 1.54) is 23.8 Å². The minimum atomic E-state index is 0.580. The van der Waals surface area contributed by atoms with Crippen LogP contribution in [0.2, 0.25) is 0 Å². The van der Waals surface area contributed by atoms with E-state index in [0.717, 1.165) is 34.0 Å². The van der Waals surface area contributed by atoms with E-state index in [1.54, 1.807) is 10.9 Å². The van der Waals surface area contributed by atoms with Crippen molar-refractivity contribution in [3.05, 3.63) is 60.4 Å².